The molecule has 0 fully saturated rings. The third-order valence-corrected chi connectivity index (χ3v) is 5.57. The Hall–Kier alpha value is -1.15. The van der Waals surface area contributed by atoms with Crippen LogP contribution in [-0.2, 0) is 16.6 Å². The van der Waals surface area contributed by atoms with Crippen molar-refractivity contribution in [3.05, 3.63) is 40.0 Å². The number of hydrogen-bond donors (Lipinski definition) is 2. The Labute approximate surface area is 123 Å². The summed E-state index contributed by atoms with van der Waals surface area (Å²) in [5.74, 6) is 1.01. The molecule has 0 amide bonds. The van der Waals surface area contributed by atoms with Gasteiger partial charge in [0.05, 0.1) is 12.6 Å². The largest absolute Gasteiger partial charge is 0.464 e. The monoisotopic (exact) mass is 314 g/mol. The highest BCUT2D eigenvalue weighted by Crippen LogP contribution is 2.24. The van der Waals surface area contributed by atoms with Crippen molar-refractivity contribution in [2.24, 2.45) is 0 Å². The van der Waals surface area contributed by atoms with E-state index in [0.717, 1.165) is 4.88 Å². The summed E-state index contributed by atoms with van der Waals surface area (Å²) in [5, 5.41) is 4.86. The average molecular weight is 314 g/mol. The van der Waals surface area contributed by atoms with Gasteiger partial charge in [-0.3, -0.25) is 0 Å². The minimum atomic E-state index is -3.58. The molecular weight excluding hydrogens is 296 g/mol. The van der Waals surface area contributed by atoms with E-state index in [1.54, 1.807) is 20.0 Å². The lowest BCUT2D eigenvalue weighted by atomic mass is 10.3. The summed E-state index contributed by atoms with van der Waals surface area (Å²) < 4.78 is 32.9. The van der Waals surface area contributed by atoms with Crippen LogP contribution in [0.15, 0.2) is 32.9 Å². The fourth-order valence-electron chi connectivity index (χ4n) is 1.94. The van der Waals surface area contributed by atoms with E-state index in [9.17, 15) is 8.42 Å². The summed E-state index contributed by atoms with van der Waals surface area (Å²) in [7, 11) is -1.80. The highest BCUT2D eigenvalue weighted by molar-refractivity contribution is 7.89. The Balaban J connectivity index is 2.22. The fourth-order valence-corrected chi connectivity index (χ4v) is 4.18. The molecule has 0 radical (unpaired) electrons. The molecule has 0 aliphatic carbocycles. The molecule has 2 aromatic heterocycles. The summed E-state index contributed by atoms with van der Waals surface area (Å²) in [5.41, 5.74) is 0. The van der Waals surface area contributed by atoms with Gasteiger partial charge < -0.3 is 9.73 Å². The zero-order valence-corrected chi connectivity index (χ0v) is 13.3. The molecule has 0 saturated heterocycles. The maximum absolute atomic E-state index is 12.4. The Kier molecular flexibility index (Phi) is 4.64. The topological polar surface area (TPSA) is 71.3 Å². The van der Waals surface area contributed by atoms with Gasteiger partial charge in [-0.1, -0.05) is 6.07 Å². The van der Waals surface area contributed by atoms with Crippen molar-refractivity contribution in [3.8, 4) is 0 Å². The first-order valence-corrected chi connectivity index (χ1v) is 8.60. The maximum atomic E-state index is 12.4. The van der Waals surface area contributed by atoms with Crippen LogP contribution in [0, 0.1) is 6.92 Å². The molecule has 0 saturated carbocycles. The smallest absolute Gasteiger partial charge is 0.244 e. The standard InChI is InChI=1S/C13H18N2O3S2/c1-9(12-5-4-6-19-12)15-20(16,17)13-7-11(8-14-3)18-10(13)2/h4-7,9,14-15H,8H2,1-3H3. The molecule has 7 heteroatoms. The summed E-state index contributed by atoms with van der Waals surface area (Å²) in [4.78, 5) is 1.18. The minimum absolute atomic E-state index is 0.200. The van der Waals surface area contributed by atoms with Gasteiger partial charge in [0.15, 0.2) is 0 Å². The first kappa shape index (κ1) is 15.2. The number of nitrogens with one attached hydrogen (secondary N) is 2. The minimum Gasteiger partial charge on any atom is -0.464 e. The molecule has 20 heavy (non-hydrogen) atoms. The Morgan fingerprint density at radius 3 is 2.80 bits per heavy atom. The third-order valence-electron chi connectivity index (χ3n) is 2.87. The molecule has 2 rings (SSSR count). The third kappa shape index (κ3) is 3.29. The van der Waals surface area contributed by atoms with E-state index >= 15 is 0 Å². The van der Waals surface area contributed by atoms with Crippen LogP contribution < -0.4 is 10.0 Å². The van der Waals surface area contributed by atoms with Gasteiger partial charge >= 0.3 is 0 Å². The van der Waals surface area contributed by atoms with Gasteiger partial charge in [0.2, 0.25) is 10.0 Å². The molecule has 0 bridgehead atoms. The van der Waals surface area contributed by atoms with Crippen molar-refractivity contribution < 1.29 is 12.8 Å². The second kappa shape index (κ2) is 6.09. The lowest BCUT2D eigenvalue weighted by Crippen LogP contribution is -2.26. The van der Waals surface area contributed by atoms with Crippen LogP contribution in [-0.4, -0.2) is 15.5 Å². The van der Waals surface area contributed by atoms with Crippen molar-refractivity contribution in [2.45, 2.75) is 31.3 Å². The molecule has 1 unspecified atom stereocenters. The summed E-state index contributed by atoms with van der Waals surface area (Å²) in [6.45, 7) is 3.98. The molecule has 0 aromatic carbocycles. The molecule has 0 spiro atoms. The van der Waals surface area contributed by atoms with E-state index in [2.05, 4.69) is 10.0 Å². The second-order valence-electron chi connectivity index (χ2n) is 4.52. The van der Waals surface area contributed by atoms with E-state index in [4.69, 9.17) is 4.42 Å². The van der Waals surface area contributed by atoms with Crippen molar-refractivity contribution >= 4 is 21.4 Å². The molecule has 0 aliphatic rings. The molecule has 2 aromatic rings. The average Bonchev–Trinajstić information content (AvgIpc) is 2.98. The van der Waals surface area contributed by atoms with Gasteiger partial charge in [0.1, 0.15) is 16.4 Å². The first-order valence-electron chi connectivity index (χ1n) is 6.23. The van der Waals surface area contributed by atoms with Crippen LogP contribution in [0.25, 0.3) is 0 Å². The van der Waals surface area contributed by atoms with Crippen LogP contribution in [0.1, 0.15) is 29.4 Å². The lowest BCUT2D eigenvalue weighted by molar-refractivity contribution is 0.465. The van der Waals surface area contributed by atoms with E-state index in [1.807, 2.05) is 24.4 Å². The van der Waals surface area contributed by atoms with Gasteiger partial charge in [0.25, 0.3) is 0 Å². The molecule has 0 aliphatic heterocycles. The zero-order valence-electron chi connectivity index (χ0n) is 11.6. The molecule has 2 heterocycles. The fraction of sp³-hybridized carbons (Fsp3) is 0.385. The van der Waals surface area contributed by atoms with Crippen LogP contribution in [0.2, 0.25) is 0 Å². The summed E-state index contributed by atoms with van der Waals surface area (Å²) in [6.07, 6.45) is 0. The number of rotatable bonds is 6. The predicted molar refractivity (Wildman–Crippen MR) is 79.3 cm³/mol. The van der Waals surface area contributed by atoms with E-state index in [-0.39, 0.29) is 10.9 Å². The Morgan fingerprint density at radius 2 is 2.20 bits per heavy atom. The highest BCUT2D eigenvalue weighted by atomic mass is 32.2. The van der Waals surface area contributed by atoms with Gasteiger partial charge in [0, 0.05) is 10.9 Å². The molecule has 1 atom stereocenters. The number of aryl methyl sites for hydroxylation is 1. The maximum Gasteiger partial charge on any atom is 0.244 e. The number of furan rings is 1. The van der Waals surface area contributed by atoms with Gasteiger partial charge in [-0.25, -0.2) is 13.1 Å². The first-order chi connectivity index (χ1) is 9.44. The molecule has 110 valence electrons. The van der Waals surface area contributed by atoms with Gasteiger partial charge in [-0.15, -0.1) is 11.3 Å². The van der Waals surface area contributed by atoms with E-state index in [0.29, 0.717) is 18.1 Å². The number of sulfonamides is 1. The predicted octanol–water partition coefficient (Wildman–Crippen LogP) is 2.41. The SMILES string of the molecule is CNCc1cc(S(=O)(=O)NC(C)c2cccs2)c(C)o1. The normalized spacial score (nSPS) is 13.6. The molecule has 2 N–H and O–H groups in total. The van der Waals surface area contributed by atoms with Crippen LogP contribution in [0.4, 0.5) is 0 Å². The quantitative estimate of drug-likeness (QED) is 0.859. The van der Waals surface area contributed by atoms with E-state index in [1.165, 1.54) is 11.3 Å². The van der Waals surface area contributed by atoms with Crippen molar-refractivity contribution in [2.75, 3.05) is 7.05 Å². The highest BCUT2D eigenvalue weighted by Gasteiger charge is 2.24. The van der Waals surface area contributed by atoms with Gasteiger partial charge in [-0.2, -0.15) is 0 Å². The lowest BCUT2D eigenvalue weighted by Gasteiger charge is -2.11. The molecular formula is C13H18N2O3S2. The van der Waals surface area contributed by atoms with Crippen molar-refractivity contribution in [1.29, 1.82) is 0 Å². The van der Waals surface area contributed by atoms with E-state index < -0.39 is 10.0 Å². The van der Waals surface area contributed by atoms with Crippen molar-refractivity contribution in [1.82, 2.24) is 10.0 Å². The number of hydrogen-bond acceptors (Lipinski definition) is 5. The molecule has 5 nitrogen and oxygen atoms in total. The summed E-state index contributed by atoms with van der Waals surface area (Å²) in [6, 6.07) is 5.11. The number of thiophene rings is 1. The Morgan fingerprint density at radius 1 is 1.45 bits per heavy atom. The van der Waals surface area contributed by atoms with Gasteiger partial charge in [-0.05, 0) is 32.3 Å². The van der Waals surface area contributed by atoms with Crippen LogP contribution in [0.3, 0.4) is 0 Å². The van der Waals surface area contributed by atoms with Crippen LogP contribution in [0.5, 0.6) is 0 Å². The van der Waals surface area contributed by atoms with Crippen molar-refractivity contribution in [3.63, 3.8) is 0 Å². The van der Waals surface area contributed by atoms with Crippen LogP contribution >= 0.6 is 11.3 Å². The second-order valence-corrected chi connectivity index (χ2v) is 7.18. The Bertz CT molecular complexity index is 660. The zero-order chi connectivity index (χ0) is 14.8. The summed E-state index contributed by atoms with van der Waals surface area (Å²) >= 11 is 1.52.